The van der Waals surface area contributed by atoms with E-state index in [0.29, 0.717) is 23.7 Å². The molecule has 0 saturated carbocycles. The molecule has 2 rings (SSSR count). The molecule has 1 N–H and O–H groups in total. The van der Waals surface area contributed by atoms with Gasteiger partial charge < -0.3 is 10.0 Å². The number of carbonyl (C=O) groups is 2. The molecule has 0 radical (unpaired) electrons. The predicted octanol–water partition coefficient (Wildman–Crippen LogP) is 2.62. The summed E-state index contributed by atoms with van der Waals surface area (Å²) in [4.78, 5) is 29.5. The van der Waals surface area contributed by atoms with Crippen LogP contribution in [0.25, 0.3) is 0 Å². The molecule has 2 atom stereocenters. The standard InChI is InChI=1S/C15H19ClN2O3/c1-3-4-11-7-10(8-13(16)17-11)14(19)18-6-5-12(9(18)2)15(20)21/h7-9,12H,3-6H2,1-2H3,(H,20,21). The third-order valence-corrected chi connectivity index (χ3v) is 4.13. The lowest BCUT2D eigenvalue weighted by Crippen LogP contribution is -2.37. The molecule has 1 amide bonds. The zero-order chi connectivity index (χ0) is 15.6. The highest BCUT2D eigenvalue weighted by Crippen LogP contribution is 2.26. The van der Waals surface area contributed by atoms with Crippen molar-refractivity contribution in [2.24, 2.45) is 5.92 Å². The van der Waals surface area contributed by atoms with Gasteiger partial charge in [-0.3, -0.25) is 9.59 Å². The highest BCUT2D eigenvalue weighted by molar-refractivity contribution is 6.29. The third-order valence-electron chi connectivity index (χ3n) is 3.93. The van der Waals surface area contributed by atoms with Crippen molar-refractivity contribution in [3.05, 3.63) is 28.5 Å². The number of amides is 1. The van der Waals surface area contributed by atoms with Crippen LogP contribution in [-0.4, -0.2) is 39.5 Å². The van der Waals surface area contributed by atoms with Crippen LogP contribution in [0.1, 0.15) is 42.7 Å². The number of carbonyl (C=O) groups excluding carboxylic acids is 1. The van der Waals surface area contributed by atoms with Crippen LogP contribution in [0.5, 0.6) is 0 Å². The smallest absolute Gasteiger partial charge is 0.308 e. The molecule has 1 aliphatic rings. The van der Waals surface area contributed by atoms with E-state index in [2.05, 4.69) is 4.98 Å². The van der Waals surface area contributed by atoms with Gasteiger partial charge >= 0.3 is 5.97 Å². The Hall–Kier alpha value is -1.62. The summed E-state index contributed by atoms with van der Waals surface area (Å²) in [5.74, 6) is -1.52. The Morgan fingerprint density at radius 3 is 2.76 bits per heavy atom. The SMILES string of the molecule is CCCc1cc(C(=O)N2CCC(C(=O)O)C2C)cc(Cl)n1. The van der Waals surface area contributed by atoms with Gasteiger partial charge in [0, 0.05) is 23.8 Å². The highest BCUT2D eigenvalue weighted by Gasteiger charge is 2.38. The van der Waals surface area contributed by atoms with Crippen LogP contribution in [0.3, 0.4) is 0 Å². The minimum Gasteiger partial charge on any atom is -0.481 e. The molecule has 1 fully saturated rings. The summed E-state index contributed by atoms with van der Waals surface area (Å²) in [6.07, 6.45) is 2.17. The second-order valence-electron chi connectivity index (χ2n) is 5.39. The molecule has 1 aliphatic heterocycles. The maximum atomic E-state index is 12.6. The maximum absolute atomic E-state index is 12.6. The van der Waals surface area contributed by atoms with Gasteiger partial charge in [0.05, 0.1) is 5.92 Å². The molecule has 5 nitrogen and oxygen atoms in total. The molecule has 0 spiro atoms. The Morgan fingerprint density at radius 1 is 1.48 bits per heavy atom. The van der Waals surface area contributed by atoms with E-state index in [9.17, 15) is 9.59 Å². The van der Waals surface area contributed by atoms with E-state index in [0.717, 1.165) is 18.5 Å². The van der Waals surface area contributed by atoms with Gasteiger partial charge in [-0.15, -0.1) is 0 Å². The second-order valence-corrected chi connectivity index (χ2v) is 5.78. The van der Waals surface area contributed by atoms with E-state index in [4.69, 9.17) is 16.7 Å². The van der Waals surface area contributed by atoms with Gasteiger partial charge in [-0.05, 0) is 31.9 Å². The second kappa shape index (κ2) is 6.43. The number of pyridine rings is 1. The van der Waals surface area contributed by atoms with Crippen molar-refractivity contribution in [2.45, 2.75) is 39.2 Å². The summed E-state index contributed by atoms with van der Waals surface area (Å²) in [6.45, 7) is 4.27. The van der Waals surface area contributed by atoms with Crippen LogP contribution in [-0.2, 0) is 11.2 Å². The van der Waals surface area contributed by atoms with Crippen LogP contribution >= 0.6 is 11.6 Å². The fraction of sp³-hybridized carbons (Fsp3) is 0.533. The number of carboxylic acids is 1. The Balaban J connectivity index is 2.22. The van der Waals surface area contributed by atoms with Crippen molar-refractivity contribution in [3.63, 3.8) is 0 Å². The topological polar surface area (TPSA) is 70.5 Å². The lowest BCUT2D eigenvalue weighted by Gasteiger charge is -2.23. The van der Waals surface area contributed by atoms with Gasteiger partial charge in [-0.2, -0.15) is 0 Å². The summed E-state index contributed by atoms with van der Waals surface area (Å²) < 4.78 is 0. The molecule has 1 saturated heterocycles. The quantitative estimate of drug-likeness (QED) is 0.868. The zero-order valence-corrected chi connectivity index (χ0v) is 12.9. The number of hydrogen-bond acceptors (Lipinski definition) is 3. The predicted molar refractivity (Wildman–Crippen MR) is 79.5 cm³/mol. The van der Waals surface area contributed by atoms with E-state index in [1.807, 2.05) is 6.92 Å². The lowest BCUT2D eigenvalue weighted by atomic mass is 10.0. The summed E-state index contributed by atoms with van der Waals surface area (Å²) >= 11 is 5.98. The van der Waals surface area contributed by atoms with Crippen molar-refractivity contribution >= 4 is 23.5 Å². The molecule has 21 heavy (non-hydrogen) atoms. The van der Waals surface area contributed by atoms with E-state index in [-0.39, 0.29) is 11.9 Å². The first-order chi connectivity index (χ1) is 9.93. The molecule has 2 unspecified atom stereocenters. The Bertz CT molecular complexity index is 562. The van der Waals surface area contributed by atoms with E-state index in [1.54, 1.807) is 24.0 Å². The van der Waals surface area contributed by atoms with Crippen molar-refractivity contribution in [1.29, 1.82) is 0 Å². The fourth-order valence-electron chi connectivity index (χ4n) is 2.78. The Morgan fingerprint density at radius 2 is 2.19 bits per heavy atom. The van der Waals surface area contributed by atoms with Gasteiger partial charge in [0.25, 0.3) is 5.91 Å². The Kier molecular flexibility index (Phi) is 4.83. The van der Waals surface area contributed by atoms with Crippen LogP contribution < -0.4 is 0 Å². The van der Waals surface area contributed by atoms with E-state index in [1.165, 1.54) is 0 Å². The summed E-state index contributed by atoms with van der Waals surface area (Å²) in [5, 5.41) is 9.44. The first-order valence-corrected chi connectivity index (χ1v) is 7.52. The van der Waals surface area contributed by atoms with Crippen molar-refractivity contribution in [2.75, 3.05) is 6.54 Å². The normalized spacial score (nSPS) is 21.6. The Labute approximate surface area is 128 Å². The number of carboxylic acid groups (broad SMARTS) is 1. The molecule has 0 aromatic carbocycles. The number of rotatable bonds is 4. The number of hydrogen-bond donors (Lipinski definition) is 1. The number of aliphatic carboxylic acids is 1. The molecule has 0 bridgehead atoms. The van der Waals surface area contributed by atoms with Crippen LogP contribution in [0.15, 0.2) is 12.1 Å². The average molecular weight is 311 g/mol. The van der Waals surface area contributed by atoms with Gasteiger partial charge in [0.2, 0.25) is 0 Å². The van der Waals surface area contributed by atoms with Crippen molar-refractivity contribution in [1.82, 2.24) is 9.88 Å². The molecule has 1 aromatic rings. The average Bonchev–Trinajstić information content (AvgIpc) is 2.79. The fourth-order valence-corrected chi connectivity index (χ4v) is 3.01. The zero-order valence-electron chi connectivity index (χ0n) is 12.2. The summed E-state index contributed by atoms with van der Waals surface area (Å²) in [5.41, 5.74) is 1.27. The van der Waals surface area contributed by atoms with E-state index >= 15 is 0 Å². The highest BCUT2D eigenvalue weighted by atomic mass is 35.5. The van der Waals surface area contributed by atoms with Crippen LogP contribution in [0.4, 0.5) is 0 Å². The van der Waals surface area contributed by atoms with Gasteiger partial charge in [0.1, 0.15) is 5.15 Å². The van der Waals surface area contributed by atoms with Crippen LogP contribution in [0, 0.1) is 5.92 Å². The molecular weight excluding hydrogens is 292 g/mol. The number of halogens is 1. The first kappa shape index (κ1) is 15.8. The number of likely N-dealkylation sites (tertiary alicyclic amines) is 1. The minimum atomic E-state index is -0.850. The lowest BCUT2D eigenvalue weighted by molar-refractivity contribution is -0.142. The summed E-state index contributed by atoms with van der Waals surface area (Å²) in [7, 11) is 0. The monoisotopic (exact) mass is 310 g/mol. The number of aryl methyl sites for hydroxylation is 1. The minimum absolute atomic E-state index is 0.173. The molecule has 6 heteroatoms. The van der Waals surface area contributed by atoms with Crippen LogP contribution in [0.2, 0.25) is 5.15 Å². The number of aromatic nitrogens is 1. The van der Waals surface area contributed by atoms with Crippen molar-refractivity contribution in [3.8, 4) is 0 Å². The summed E-state index contributed by atoms with van der Waals surface area (Å²) in [6, 6.07) is 2.99. The first-order valence-electron chi connectivity index (χ1n) is 7.14. The number of nitrogens with zero attached hydrogens (tertiary/aromatic N) is 2. The molecule has 2 heterocycles. The third kappa shape index (κ3) is 3.35. The molecule has 114 valence electrons. The maximum Gasteiger partial charge on any atom is 0.308 e. The molecule has 0 aliphatic carbocycles. The molecule has 1 aromatic heterocycles. The van der Waals surface area contributed by atoms with E-state index < -0.39 is 11.9 Å². The van der Waals surface area contributed by atoms with Gasteiger partial charge in [-0.1, -0.05) is 24.9 Å². The van der Waals surface area contributed by atoms with Crippen molar-refractivity contribution < 1.29 is 14.7 Å². The molecular formula is C15H19ClN2O3. The van der Waals surface area contributed by atoms with Gasteiger partial charge in [0.15, 0.2) is 0 Å². The van der Waals surface area contributed by atoms with Gasteiger partial charge in [-0.25, -0.2) is 4.98 Å². The largest absolute Gasteiger partial charge is 0.481 e.